The molecule has 0 radical (unpaired) electrons. The highest BCUT2D eigenvalue weighted by Crippen LogP contribution is 2.19. The van der Waals surface area contributed by atoms with Gasteiger partial charge in [-0.2, -0.15) is 0 Å². The van der Waals surface area contributed by atoms with Crippen LogP contribution in [0.5, 0.6) is 0 Å². The summed E-state index contributed by atoms with van der Waals surface area (Å²) < 4.78 is 13.6. The third-order valence-electron chi connectivity index (χ3n) is 4.04. The number of hydrogen-bond donors (Lipinski definition) is 1. The molecule has 0 spiro atoms. The van der Waals surface area contributed by atoms with E-state index in [1.165, 1.54) is 6.07 Å². The van der Waals surface area contributed by atoms with Gasteiger partial charge in [0.1, 0.15) is 11.6 Å². The van der Waals surface area contributed by atoms with Crippen LogP contribution < -0.4 is 5.56 Å². The monoisotopic (exact) mass is 287 g/mol. The van der Waals surface area contributed by atoms with E-state index in [4.69, 9.17) is 0 Å². The van der Waals surface area contributed by atoms with Crippen LogP contribution in [0.2, 0.25) is 0 Å². The van der Waals surface area contributed by atoms with E-state index < -0.39 is 0 Å². The molecule has 1 aliphatic heterocycles. The average Bonchev–Trinajstić information content (AvgIpc) is 2.43. The maximum absolute atomic E-state index is 13.6. The first-order chi connectivity index (χ1) is 10.0. The summed E-state index contributed by atoms with van der Waals surface area (Å²) in [6.45, 7) is 5.69. The zero-order valence-corrected chi connectivity index (χ0v) is 12.2. The molecule has 2 heterocycles. The summed E-state index contributed by atoms with van der Waals surface area (Å²) in [7, 11) is 0. The second-order valence-electron chi connectivity index (χ2n) is 5.56. The molecule has 0 fully saturated rings. The number of nitrogens with one attached hydrogen (secondary N) is 1. The lowest BCUT2D eigenvalue weighted by Gasteiger charge is -2.28. The summed E-state index contributed by atoms with van der Waals surface area (Å²) in [5.74, 6) is 0.470. The van der Waals surface area contributed by atoms with Crippen LogP contribution in [0.1, 0.15) is 28.2 Å². The zero-order chi connectivity index (χ0) is 15.0. The Morgan fingerprint density at radius 3 is 3.00 bits per heavy atom. The predicted molar refractivity (Wildman–Crippen MR) is 78.5 cm³/mol. The highest BCUT2D eigenvalue weighted by Gasteiger charge is 2.21. The van der Waals surface area contributed by atoms with Gasteiger partial charge in [-0.15, -0.1) is 0 Å². The van der Waals surface area contributed by atoms with Gasteiger partial charge in [-0.05, 0) is 37.5 Å². The molecule has 0 aliphatic carbocycles. The van der Waals surface area contributed by atoms with E-state index in [1.54, 1.807) is 19.9 Å². The van der Waals surface area contributed by atoms with Gasteiger partial charge in [0.15, 0.2) is 0 Å². The second-order valence-corrected chi connectivity index (χ2v) is 5.56. The fourth-order valence-corrected chi connectivity index (χ4v) is 2.82. The van der Waals surface area contributed by atoms with E-state index >= 15 is 0 Å². The number of aryl methyl sites for hydroxylation is 1. The molecule has 5 heteroatoms. The third-order valence-corrected chi connectivity index (χ3v) is 4.04. The molecule has 1 aromatic carbocycles. The van der Waals surface area contributed by atoms with Crippen LogP contribution in [-0.4, -0.2) is 21.4 Å². The van der Waals surface area contributed by atoms with E-state index in [1.807, 2.05) is 6.07 Å². The lowest BCUT2D eigenvalue weighted by Crippen LogP contribution is -2.35. The van der Waals surface area contributed by atoms with E-state index in [0.29, 0.717) is 30.9 Å². The van der Waals surface area contributed by atoms with Crippen molar-refractivity contribution in [3.63, 3.8) is 0 Å². The zero-order valence-electron chi connectivity index (χ0n) is 12.2. The maximum Gasteiger partial charge on any atom is 0.254 e. The minimum absolute atomic E-state index is 0.0286. The van der Waals surface area contributed by atoms with Crippen molar-refractivity contribution in [2.75, 3.05) is 6.54 Å². The molecule has 110 valence electrons. The molecule has 2 aromatic rings. The van der Waals surface area contributed by atoms with Gasteiger partial charge in [0.2, 0.25) is 0 Å². The Kier molecular flexibility index (Phi) is 3.59. The Hall–Kier alpha value is -2.01. The van der Waals surface area contributed by atoms with E-state index in [-0.39, 0.29) is 11.4 Å². The SMILES string of the molecule is Cc1nc2c(c(=O)[nH]1)CCN(Cc1cccc(F)c1C)C2. The maximum atomic E-state index is 13.6. The first-order valence-corrected chi connectivity index (χ1v) is 7.09. The number of aromatic nitrogens is 2. The molecule has 0 amide bonds. The predicted octanol–water partition coefficient (Wildman–Crippen LogP) is 2.08. The van der Waals surface area contributed by atoms with Crippen LogP contribution >= 0.6 is 0 Å². The molecule has 1 aromatic heterocycles. The topological polar surface area (TPSA) is 49.0 Å². The minimum Gasteiger partial charge on any atom is -0.311 e. The molecule has 0 bridgehead atoms. The van der Waals surface area contributed by atoms with Gasteiger partial charge in [0, 0.05) is 25.2 Å². The smallest absolute Gasteiger partial charge is 0.254 e. The molecule has 0 atom stereocenters. The first kappa shape index (κ1) is 13.9. The fourth-order valence-electron chi connectivity index (χ4n) is 2.82. The highest BCUT2D eigenvalue weighted by molar-refractivity contribution is 5.28. The Morgan fingerprint density at radius 1 is 1.38 bits per heavy atom. The highest BCUT2D eigenvalue weighted by atomic mass is 19.1. The standard InChI is InChI=1S/C16H18FN3O/c1-10-12(4-3-5-14(10)17)8-20-7-6-13-15(9-20)18-11(2)19-16(13)21/h3-5H,6-9H2,1-2H3,(H,18,19,21). The van der Waals surface area contributed by atoms with Gasteiger partial charge in [-0.3, -0.25) is 9.69 Å². The van der Waals surface area contributed by atoms with Gasteiger partial charge in [-0.1, -0.05) is 12.1 Å². The molecule has 0 saturated heterocycles. The van der Waals surface area contributed by atoms with E-state index in [2.05, 4.69) is 14.9 Å². The Labute approximate surface area is 122 Å². The minimum atomic E-state index is -0.171. The number of hydrogen-bond acceptors (Lipinski definition) is 3. The number of rotatable bonds is 2. The summed E-state index contributed by atoms with van der Waals surface area (Å²) in [5.41, 5.74) is 3.28. The van der Waals surface area contributed by atoms with Crippen molar-refractivity contribution in [1.29, 1.82) is 0 Å². The van der Waals surface area contributed by atoms with Crippen molar-refractivity contribution in [3.05, 3.63) is 62.6 Å². The lowest BCUT2D eigenvalue weighted by molar-refractivity contribution is 0.239. The fraction of sp³-hybridized carbons (Fsp3) is 0.375. The van der Waals surface area contributed by atoms with Gasteiger partial charge < -0.3 is 4.98 Å². The molecule has 1 aliphatic rings. The number of aromatic amines is 1. The van der Waals surface area contributed by atoms with Crippen molar-refractivity contribution in [2.24, 2.45) is 0 Å². The van der Waals surface area contributed by atoms with Crippen molar-refractivity contribution in [3.8, 4) is 0 Å². The number of benzene rings is 1. The summed E-state index contributed by atoms with van der Waals surface area (Å²) in [4.78, 5) is 21.3. The quantitative estimate of drug-likeness (QED) is 0.920. The Morgan fingerprint density at radius 2 is 2.19 bits per heavy atom. The molecule has 3 rings (SSSR count). The summed E-state index contributed by atoms with van der Waals surface area (Å²) in [6.07, 6.45) is 0.687. The lowest BCUT2D eigenvalue weighted by atomic mass is 10.0. The van der Waals surface area contributed by atoms with Gasteiger partial charge in [-0.25, -0.2) is 9.37 Å². The Bertz CT molecular complexity index is 739. The Balaban J connectivity index is 1.84. The third kappa shape index (κ3) is 2.74. The summed E-state index contributed by atoms with van der Waals surface area (Å²) >= 11 is 0. The van der Waals surface area contributed by atoms with E-state index in [9.17, 15) is 9.18 Å². The molecule has 0 saturated carbocycles. The average molecular weight is 287 g/mol. The van der Waals surface area contributed by atoms with Crippen molar-refractivity contribution in [1.82, 2.24) is 14.9 Å². The molecule has 4 nitrogen and oxygen atoms in total. The number of H-pyrrole nitrogens is 1. The van der Waals surface area contributed by atoms with Crippen LogP contribution in [0.4, 0.5) is 4.39 Å². The number of halogens is 1. The summed E-state index contributed by atoms with van der Waals surface area (Å²) in [6, 6.07) is 5.17. The van der Waals surface area contributed by atoms with Crippen molar-refractivity contribution in [2.45, 2.75) is 33.4 Å². The number of nitrogens with zero attached hydrogens (tertiary/aromatic N) is 2. The van der Waals surface area contributed by atoms with Crippen LogP contribution in [0.15, 0.2) is 23.0 Å². The molecular weight excluding hydrogens is 269 g/mol. The first-order valence-electron chi connectivity index (χ1n) is 7.09. The normalized spacial score (nSPS) is 15.0. The van der Waals surface area contributed by atoms with Crippen molar-refractivity contribution < 1.29 is 4.39 Å². The largest absolute Gasteiger partial charge is 0.311 e. The summed E-state index contributed by atoms with van der Waals surface area (Å²) in [5, 5.41) is 0. The number of fused-ring (bicyclic) bond motifs is 1. The molecule has 0 unspecified atom stereocenters. The molecule has 21 heavy (non-hydrogen) atoms. The molecule has 1 N–H and O–H groups in total. The van der Waals surface area contributed by atoms with Crippen molar-refractivity contribution >= 4 is 0 Å². The van der Waals surface area contributed by atoms with Crippen LogP contribution in [-0.2, 0) is 19.5 Å². The van der Waals surface area contributed by atoms with Crippen LogP contribution in [0.3, 0.4) is 0 Å². The molecular formula is C16H18FN3O. The van der Waals surface area contributed by atoms with Gasteiger partial charge >= 0.3 is 0 Å². The van der Waals surface area contributed by atoms with Gasteiger partial charge in [0.05, 0.1) is 5.69 Å². The van der Waals surface area contributed by atoms with Crippen LogP contribution in [0, 0.1) is 19.7 Å². The van der Waals surface area contributed by atoms with Crippen LogP contribution in [0.25, 0.3) is 0 Å². The van der Waals surface area contributed by atoms with Gasteiger partial charge in [0.25, 0.3) is 5.56 Å². The van der Waals surface area contributed by atoms with E-state index in [0.717, 1.165) is 23.4 Å². The second kappa shape index (κ2) is 5.41.